The Balaban J connectivity index is 1.76. The van der Waals surface area contributed by atoms with E-state index in [2.05, 4.69) is 0 Å². The minimum absolute atomic E-state index is 0.279. The molecule has 1 unspecified atom stereocenters. The molecular weight excluding hydrogens is 216 g/mol. The molecule has 1 saturated carbocycles. The Hall–Kier alpha value is -0.610. The zero-order valence-electron chi connectivity index (χ0n) is 10.7. The molecule has 17 heavy (non-hydrogen) atoms. The van der Waals surface area contributed by atoms with Crippen LogP contribution < -0.4 is 5.73 Å². The smallest absolute Gasteiger partial charge is 0.222 e. The second-order valence-electron chi connectivity index (χ2n) is 5.51. The molecule has 0 radical (unpaired) electrons. The predicted molar refractivity (Wildman–Crippen MR) is 66.5 cm³/mol. The van der Waals surface area contributed by atoms with Gasteiger partial charge in [-0.1, -0.05) is 0 Å². The van der Waals surface area contributed by atoms with Gasteiger partial charge in [0.15, 0.2) is 0 Å². The molecule has 1 amide bonds. The highest BCUT2D eigenvalue weighted by atomic mass is 16.5. The number of carbonyl (C=O) groups excluding carboxylic acids is 1. The molecule has 1 atom stereocenters. The zero-order valence-corrected chi connectivity index (χ0v) is 10.7. The highest BCUT2D eigenvalue weighted by Crippen LogP contribution is 2.26. The average Bonchev–Trinajstić information content (AvgIpc) is 2.84. The van der Waals surface area contributed by atoms with Crippen LogP contribution in [0.4, 0.5) is 0 Å². The molecule has 1 saturated heterocycles. The van der Waals surface area contributed by atoms with Crippen LogP contribution in [0.2, 0.25) is 0 Å². The summed E-state index contributed by atoms with van der Waals surface area (Å²) in [5, 5.41) is 0. The van der Waals surface area contributed by atoms with Crippen molar-refractivity contribution in [3.05, 3.63) is 0 Å². The fourth-order valence-electron chi connectivity index (χ4n) is 2.81. The van der Waals surface area contributed by atoms with Crippen LogP contribution >= 0.6 is 0 Å². The van der Waals surface area contributed by atoms with Crippen LogP contribution in [-0.2, 0) is 9.53 Å². The Morgan fingerprint density at radius 2 is 2.00 bits per heavy atom. The van der Waals surface area contributed by atoms with E-state index in [0.29, 0.717) is 31.0 Å². The molecule has 2 rings (SSSR count). The Kier molecular flexibility index (Phi) is 4.40. The summed E-state index contributed by atoms with van der Waals surface area (Å²) in [5.74, 6) is 0.827. The fourth-order valence-corrected chi connectivity index (χ4v) is 2.81. The molecule has 4 heteroatoms. The van der Waals surface area contributed by atoms with E-state index >= 15 is 0 Å². The average molecular weight is 240 g/mol. The molecule has 0 aromatic heterocycles. The third kappa shape index (κ3) is 3.42. The van der Waals surface area contributed by atoms with Crippen molar-refractivity contribution in [2.24, 2.45) is 11.7 Å². The minimum Gasteiger partial charge on any atom is -0.379 e. The van der Waals surface area contributed by atoms with Crippen molar-refractivity contribution >= 4 is 5.91 Å². The maximum absolute atomic E-state index is 12.1. The first-order valence-corrected chi connectivity index (χ1v) is 6.76. The molecule has 2 fully saturated rings. The van der Waals surface area contributed by atoms with E-state index in [-0.39, 0.29) is 5.91 Å². The second-order valence-corrected chi connectivity index (χ2v) is 5.51. The fraction of sp³-hybridized carbons (Fsp3) is 0.923. The van der Waals surface area contributed by atoms with Gasteiger partial charge < -0.3 is 15.4 Å². The van der Waals surface area contributed by atoms with E-state index in [1.807, 2.05) is 11.9 Å². The summed E-state index contributed by atoms with van der Waals surface area (Å²) in [6.07, 6.45) is 6.06. The molecule has 2 N–H and O–H groups in total. The summed E-state index contributed by atoms with van der Waals surface area (Å²) in [7, 11) is 1.91. The van der Waals surface area contributed by atoms with Crippen LogP contribution in [-0.4, -0.2) is 43.2 Å². The van der Waals surface area contributed by atoms with E-state index in [9.17, 15) is 4.79 Å². The van der Waals surface area contributed by atoms with E-state index in [1.165, 1.54) is 0 Å². The number of hydrogen-bond acceptors (Lipinski definition) is 3. The van der Waals surface area contributed by atoms with E-state index in [0.717, 1.165) is 38.7 Å². The Morgan fingerprint density at radius 1 is 1.29 bits per heavy atom. The largest absolute Gasteiger partial charge is 0.379 e. The maximum Gasteiger partial charge on any atom is 0.222 e. The highest BCUT2D eigenvalue weighted by Gasteiger charge is 2.27. The molecule has 4 nitrogen and oxygen atoms in total. The van der Waals surface area contributed by atoms with Gasteiger partial charge >= 0.3 is 0 Å². The molecule has 1 aliphatic carbocycles. The number of ether oxygens (including phenoxy) is 1. The summed E-state index contributed by atoms with van der Waals surface area (Å²) >= 11 is 0. The second kappa shape index (κ2) is 5.83. The first kappa shape index (κ1) is 12.8. The van der Waals surface area contributed by atoms with Crippen LogP contribution in [0.1, 0.15) is 38.5 Å². The maximum atomic E-state index is 12.1. The van der Waals surface area contributed by atoms with Crippen molar-refractivity contribution < 1.29 is 9.53 Å². The summed E-state index contributed by atoms with van der Waals surface area (Å²) in [6, 6.07) is 0.663. The van der Waals surface area contributed by atoms with Crippen molar-refractivity contribution in [2.75, 3.05) is 20.3 Å². The van der Waals surface area contributed by atoms with Crippen LogP contribution in [0.5, 0.6) is 0 Å². The third-order valence-electron chi connectivity index (χ3n) is 4.20. The van der Waals surface area contributed by atoms with Gasteiger partial charge in [0.25, 0.3) is 0 Å². The summed E-state index contributed by atoms with van der Waals surface area (Å²) < 4.78 is 5.32. The van der Waals surface area contributed by atoms with E-state index < -0.39 is 0 Å². The Labute approximate surface area is 103 Å². The van der Waals surface area contributed by atoms with Crippen molar-refractivity contribution in [3.63, 3.8) is 0 Å². The molecule has 1 heterocycles. The summed E-state index contributed by atoms with van der Waals surface area (Å²) in [5.41, 5.74) is 5.88. The lowest BCUT2D eigenvalue weighted by molar-refractivity contribution is -0.133. The number of amides is 1. The van der Waals surface area contributed by atoms with Crippen molar-refractivity contribution in [1.82, 2.24) is 4.90 Å². The van der Waals surface area contributed by atoms with Gasteiger partial charge in [-0.15, -0.1) is 0 Å². The quantitative estimate of drug-likeness (QED) is 0.805. The lowest BCUT2D eigenvalue weighted by Gasteiger charge is -2.29. The summed E-state index contributed by atoms with van der Waals surface area (Å²) in [4.78, 5) is 14.0. The van der Waals surface area contributed by atoms with Crippen LogP contribution in [0, 0.1) is 5.92 Å². The van der Waals surface area contributed by atoms with Crippen molar-refractivity contribution in [2.45, 2.75) is 50.6 Å². The van der Waals surface area contributed by atoms with E-state index in [1.54, 1.807) is 0 Å². The van der Waals surface area contributed by atoms with Gasteiger partial charge in [0.05, 0.1) is 12.6 Å². The molecular formula is C13H24N2O2. The first-order chi connectivity index (χ1) is 8.16. The molecule has 2 aliphatic rings. The molecule has 1 aliphatic heterocycles. The number of hydrogen-bond donors (Lipinski definition) is 1. The Morgan fingerprint density at radius 3 is 2.59 bits per heavy atom. The topological polar surface area (TPSA) is 55.6 Å². The molecule has 0 aromatic rings. The van der Waals surface area contributed by atoms with Gasteiger partial charge in [0.1, 0.15) is 0 Å². The van der Waals surface area contributed by atoms with Crippen molar-refractivity contribution in [1.29, 1.82) is 0 Å². The lowest BCUT2D eigenvalue weighted by Crippen LogP contribution is -2.39. The molecule has 0 aromatic carbocycles. The number of likely N-dealkylation sites (N-methyl/N-ethyl adjacent to an activating group) is 1. The first-order valence-electron chi connectivity index (χ1n) is 6.76. The number of rotatable bonds is 3. The number of nitrogens with two attached hydrogens (primary N) is 1. The monoisotopic (exact) mass is 240 g/mol. The van der Waals surface area contributed by atoms with Crippen LogP contribution in [0.15, 0.2) is 0 Å². The van der Waals surface area contributed by atoms with Gasteiger partial charge in [0.2, 0.25) is 5.91 Å². The normalized spacial score (nSPS) is 33.6. The van der Waals surface area contributed by atoms with Crippen molar-refractivity contribution in [3.8, 4) is 0 Å². The molecule has 0 bridgehead atoms. The minimum atomic E-state index is 0.279. The highest BCUT2D eigenvalue weighted by molar-refractivity contribution is 5.76. The van der Waals surface area contributed by atoms with Crippen LogP contribution in [0.25, 0.3) is 0 Å². The predicted octanol–water partition coefficient (Wildman–Crippen LogP) is 1.14. The van der Waals surface area contributed by atoms with Gasteiger partial charge in [0, 0.05) is 26.1 Å². The molecule has 0 spiro atoms. The van der Waals surface area contributed by atoms with Gasteiger partial charge in [-0.3, -0.25) is 4.79 Å². The van der Waals surface area contributed by atoms with Gasteiger partial charge in [-0.2, -0.15) is 0 Å². The number of nitrogens with zero attached hydrogens (tertiary/aromatic N) is 1. The van der Waals surface area contributed by atoms with Gasteiger partial charge in [-0.25, -0.2) is 0 Å². The number of carbonyl (C=O) groups is 1. The SMILES string of the molecule is CN(C(=O)CC1CCC(N)CC1)C1CCOC1. The summed E-state index contributed by atoms with van der Waals surface area (Å²) in [6.45, 7) is 1.50. The van der Waals surface area contributed by atoms with Crippen LogP contribution in [0.3, 0.4) is 0 Å². The Bertz CT molecular complexity index is 256. The molecule has 98 valence electrons. The lowest BCUT2D eigenvalue weighted by atomic mass is 9.84. The van der Waals surface area contributed by atoms with Gasteiger partial charge in [-0.05, 0) is 38.0 Å². The standard InChI is InChI=1S/C13H24N2O2/c1-15(12-6-7-17-9-12)13(16)8-10-2-4-11(14)5-3-10/h10-12H,2-9,14H2,1H3. The zero-order chi connectivity index (χ0) is 12.3. The van der Waals surface area contributed by atoms with E-state index in [4.69, 9.17) is 10.5 Å². The third-order valence-corrected chi connectivity index (χ3v) is 4.20.